The average molecular weight is 219 g/mol. The zero-order chi connectivity index (χ0) is 11.9. The van der Waals surface area contributed by atoms with E-state index in [4.69, 9.17) is 5.73 Å². The van der Waals surface area contributed by atoms with Crippen molar-refractivity contribution in [1.29, 1.82) is 0 Å². The van der Waals surface area contributed by atoms with Gasteiger partial charge in [-0.25, -0.2) is 0 Å². The van der Waals surface area contributed by atoms with Crippen LogP contribution in [0.3, 0.4) is 0 Å². The number of alkyl halides is 3. The van der Waals surface area contributed by atoms with Crippen molar-refractivity contribution < 1.29 is 13.2 Å². The summed E-state index contributed by atoms with van der Waals surface area (Å²) in [4.78, 5) is 0. The van der Waals surface area contributed by atoms with Crippen LogP contribution in [0.15, 0.2) is 11.7 Å². The van der Waals surface area contributed by atoms with Gasteiger partial charge in [-0.2, -0.15) is 0 Å². The third kappa shape index (κ3) is 8.27. The van der Waals surface area contributed by atoms with Crippen molar-refractivity contribution in [1.82, 2.24) is 0 Å². The first kappa shape index (κ1) is 14.3. The molecule has 0 aromatic heterocycles. The minimum absolute atomic E-state index is 0.102. The molecule has 0 aliphatic rings. The van der Waals surface area contributed by atoms with E-state index in [1.807, 2.05) is 6.92 Å². The van der Waals surface area contributed by atoms with E-state index in [1.165, 1.54) is 6.92 Å². The van der Waals surface area contributed by atoms with Crippen molar-refractivity contribution in [2.24, 2.45) is 11.7 Å². The van der Waals surface area contributed by atoms with Gasteiger partial charge < -0.3 is 0 Å². The summed E-state index contributed by atoms with van der Waals surface area (Å²) in [5, 5.41) is 0. The van der Waals surface area contributed by atoms with E-state index in [0.717, 1.165) is 12.8 Å². The Morgan fingerprint density at radius 1 is 1.47 bits per heavy atom. The standard InChI is InChI=1S/C10H17BF3N/c1-3-4-8(7-9(15)11-2)5-6-10(12,13)14/h7-8H,2-6,15H2,1H3/b9-7+. The summed E-state index contributed by atoms with van der Waals surface area (Å²) in [6.45, 7) is 6.86. The van der Waals surface area contributed by atoms with Crippen LogP contribution in [0.5, 0.6) is 0 Å². The molecule has 0 saturated heterocycles. The molecular weight excluding hydrogens is 202 g/mol. The molecule has 0 aromatic carbocycles. The normalized spacial score (nSPS) is 14.8. The molecular formula is C10H17BF3N. The molecule has 2 N–H and O–H groups in total. The Hall–Kier alpha value is -0.735. The molecule has 0 heterocycles. The monoisotopic (exact) mass is 219 g/mol. The molecule has 0 amide bonds. The van der Waals surface area contributed by atoms with Gasteiger partial charge in [0.25, 0.3) is 0 Å². The molecule has 0 fully saturated rings. The fourth-order valence-electron chi connectivity index (χ4n) is 1.37. The Bertz CT molecular complexity index is 223. The first-order valence-corrected chi connectivity index (χ1v) is 5.05. The SMILES string of the molecule is C=B/C(N)=C\C(CCC)CCC(F)(F)F. The zero-order valence-electron chi connectivity index (χ0n) is 8.98. The second-order valence-electron chi connectivity index (χ2n) is 3.57. The summed E-state index contributed by atoms with van der Waals surface area (Å²) in [7, 11) is 0. The van der Waals surface area contributed by atoms with Gasteiger partial charge >= 0.3 is 88.7 Å². The van der Waals surface area contributed by atoms with Crippen molar-refractivity contribution in [3.05, 3.63) is 11.7 Å². The molecule has 0 spiro atoms. The molecule has 86 valence electrons. The van der Waals surface area contributed by atoms with E-state index in [0.29, 0.717) is 5.60 Å². The fourth-order valence-corrected chi connectivity index (χ4v) is 1.37. The molecule has 1 unspecified atom stereocenters. The molecule has 1 atom stereocenters. The van der Waals surface area contributed by atoms with Gasteiger partial charge in [0, 0.05) is 0 Å². The van der Waals surface area contributed by atoms with Crippen molar-refractivity contribution in [3.63, 3.8) is 0 Å². The van der Waals surface area contributed by atoms with Crippen molar-refractivity contribution >= 4 is 13.4 Å². The van der Waals surface area contributed by atoms with Crippen LogP contribution in [0.2, 0.25) is 0 Å². The van der Waals surface area contributed by atoms with E-state index in [-0.39, 0.29) is 12.3 Å². The number of halogens is 3. The van der Waals surface area contributed by atoms with Gasteiger partial charge in [-0.05, 0) is 0 Å². The second-order valence-corrected chi connectivity index (χ2v) is 3.57. The van der Waals surface area contributed by atoms with E-state index in [9.17, 15) is 13.2 Å². The predicted octanol–water partition coefficient (Wildman–Crippen LogP) is 2.68. The molecule has 0 aromatic rings. The zero-order valence-corrected chi connectivity index (χ0v) is 8.98. The molecule has 1 nitrogen and oxygen atoms in total. The van der Waals surface area contributed by atoms with Gasteiger partial charge in [0.15, 0.2) is 0 Å². The van der Waals surface area contributed by atoms with Crippen LogP contribution < -0.4 is 5.73 Å². The fraction of sp³-hybridized carbons (Fsp3) is 0.700. The maximum absolute atomic E-state index is 12.0. The summed E-state index contributed by atoms with van der Waals surface area (Å²) >= 11 is 0. The predicted molar refractivity (Wildman–Crippen MR) is 58.8 cm³/mol. The first-order chi connectivity index (χ1) is 6.89. The Morgan fingerprint density at radius 2 is 2.07 bits per heavy atom. The molecule has 0 radical (unpaired) electrons. The third-order valence-corrected chi connectivity index (χ3v) is 2.12. The van der Waals surface area contributed by atoms with Crippen molar-refractivity contribution in [2.45, 2.75) is 38.8 Å². The molecule has 0 saturated carbocycles. The van der Waals surface area contributed by atoms with Crippen LogP contribution in [0, 0.1) is 5.92 Å². The summed E-state index contributed by atoms with van der Waals surface area (Å²) in [5.41, 5.74) is 5.96. The number of hydrogen-bond acceptors (Lipinski definition) is 1. The molecule has 0 aliphatic carbocycles. The number of hydrogen-bond donors (Lipinski definition) is 1. The Kier molecular flexibility index (Phi) is 6.37. The average Bonchev–Trinajstić information content (AvgIpc) is 2.13. The maximum atomic E-state index is 12.0. The van der Waals surface area contributed by atoms with Gasteiger partial charge in [-0.1, -0.05) is 0 Å². The van der Waals surface area contributed by atoms with Crippen LogP contribution in [-0.2, 0) is 0 Å². The number of nitrogens with two attached hydrogens (primary N) is 1. The van der Waals surface area contributed by atoms with Crippen LogP contribution in [0.4, 0.5) is 13.2 Å². The molecule has 0 aliphatic heterocycles. The molecule has 5 heteroatoms. The summed E-state index contributed by atoms with van der Waals surface area (Å²) in [6, 6.07) is 0. The number of rotatable bonds is 6. The van der Waals surface area contributed by atoms with Gasteiger partial charge in [0.1, 0.15) is 0 Å². The Morgan fingerprint density at radius 3 is 2.47 bits per heavy atom. The molecule has 15 heavy (non-hydrogen) atoms. The summed E-state index contributed by atoms with van der Waals surface area (Å²) in [5.74, 6) is -0.102. The summed E-state index contributed by atoms with van der Waals surface area (Å²) < 4.78 is 36.0. The van der Waals surface area contributed by atoms with E-state index in [1.54, 1.807) is 6.08 Å². The summed E-state index contributed by atoms with van der Waals surface area (Å²) in [6.07, 6.45) is -1.48. The van der Waals surface area contributed by atoms with Crippen LogP contribution in [0.25, 0.3) is 0 Å². The second kappa shape index (κ2) is 6.69. The van der Waals surface area contributed by atoms with E-state index < -0.39 is 12.6 Å². The molecule has 0 rings (SSSR count). The van der Waals surface area contributed by atoms with Gasteiger partial charge in [-0.3, -0.25) is 0 Å². The van der Waals surface area contributed by atoms with Gasteiger partial charge in [0.05, 0.1) is 0 Å². The van der Waals surface area contributed by atoms with Crippen molar-refractivity contribution in [3.8, 4) is 0 Å². The quantitative estimate of drug-likeness (QED) is 0.683. The van der Waals surface area contributed by atoms with Crippen LogP contribution >= 0.6 is 0 Å². The number of allylic oxidation sites excluding steroid dienone is 1. The topological polar surface area (TPSA) is 26.0 Å². The van der Waals surface area contributed by atoms with Crippen molar-refractivity contribution in [2.75, 3.05) is 0 Å². The third-order valence-electron chi connectivity index (χ3n) is 2.12. The van der Waals surface area contributed by atoms with Gasteiger partial charge in [0.2, 0.25) is 0 Å². The molecule has 0 bridgehead atoms. The van der Waals surface area contributed by atoms with Crippen LogP contribution in [0.1, 0.15) is 32.6 Å². The van der Waals surface area contributed by atoms with E-state index in [2.05, 4.69) is 6.47 Å². The Labute approximate surface area is 89.4 Å². The minimum atomic E-state index is -4.08. The van der Waals surface area contributed by atoms with Crippen LogP contribution in [-0.4, -0.2) is 19.6 Å². The first-order valence-electron chi connectivity index (χ1n) is 5.05. The Balaban J connectivity index is 4.22. The van der Waals surface area contributed by atoms with Gasteiger partial charge in [-0.15, -0.1) is 0 Å². The van der Waals surface area contributed by atoms with E-state index >= 15 is 0 Å².